The lowest BCUT2D eigenvalue weighted by Gasteiger charge is -2.14. The minimum atomic E-state index is -3.64. The molecule has 0 saturated carbocycles. The first-order valence-electron chi connectivity index (χ1n) is 8.78. The van der Waals surface area contributed by atoms with Crippen molar-refractivity contribution in [3.63, 3.8) is 0 Å². The predicted octanol–water partition coefficient (Wildman–Crippen LogP) is 0.835. The van der Waals surface area contributed by atoms with E-state index in [4.69, 9.17) is 14.2 Å². The van der Waals surface area contributed by atoms with Crippen molar-refractivity contribution in [2.75, 3.05) is 34.0 Å². The molecule has 156 valence electrons. The number of nitrogens with zero attached hydrogens (tertiary/aromatic N) is 1. The Hall–Kier alpha value is -2.82. The molecule has 0 saturated heterocycles. The highest BCUT2D eigenvalue weighted by Gasteiger charge is 2.19. The van der Waals surface area contributed by atoms with E-state index in [9.17, 15) is 18.3 Å². The van der Waals surface area contributed by atoms with Gasteiger partial charge in [-0.1, -0.05) is 6.07 Å². The van der Waals surface area contributed by atoms with Crippen LogP contribution in [0.5, 0.6) is 17.2 Å². The lowest BCUT2D eigenvalue weighted by molar-refractivity contribution is 0.0843. The van der Waals surface area contributed by atoms with Gasteiger partial charge in [-0.3, -0.25) is 4.79 Å². The Balaban J connectivity index is 1.52. The third kappa shape index (κ3) is 4.97. The minimum absolute atomic E-state index is 0.0156. The number of carbonyl (C=O) groups excluding carboxylic acids is 1. The highest BCUT2D eigenvalue weighted by atomic mass is 32.2. The molecule has 9 nitrogen and oxygen atoms in total. The molecule has 0 spiro atoms. The Morgan fingerprint density at radius 2 is 1.97 bits per heavy atom. The lowest BCUT2D eigenvalue weighted by atomic mass is 10.2. The van der Waals surface area contributed by atoms with Gasteiger partial charge in [0.15, 0.2) is 11.5 Å². The number of benzene rings is 2. The smallest absolute Gasteiger partial charge is 0.251 e. The van der Waals surface area contributed by atoms with Crippen LogP contribution in [0.3, 0.4) is 0 Å². The van der Waals surface area contributed by atoms with Crippen LogP contribution in [0.1, 0.15) is 10.4 Å². The van der Waals surface area contributed by atoms with Crippen LogP contribution in [0.15, 0.2) is 47.4 Å². The summed E-state index contributed by atoms with van der Waals surface area (Å²) in [4.78, 5) is 12.3. The van der Waals surface area contributed by atoms with E-state index in [2.05, 4.69) is 5.32 Å². The van der Waals surface area contributed by atoms with Crippen LogP contribution in [0.4, 0.5) is 0 Å². The highest BCUT2D eigenvalue weighted by Crippen LogP contribution is 2.35. The maximum atomic E-state index is 12.3. The summed E-state index contributed by atoms with van der Waals surface area (Å²) in [6, 6.07) is 10.8. The zero-order valence-electron chi connectivity index (χ0n) is 16.0. The molecule has 3 rings (SSSR count). The number of carbonyl (C=O) groups is 1. The van der Waals surface area contributed by atoms with E-state index in [1.54, 1.807) is 18.2 Å². The van der Waals surface area contributed by atoms with Crippen molar-refractivity contribution in [1.29, 1.82) is 0 Å². The van der Waals surface area contributed by atoms with Gasteiger partial charge < -0.3 is 24.6 Å². The zero-order chi connectivity index (χ0) is 21.0. The average molecular weight is 422 g/mol. The van der Waals surface area contributed by atoms with Gasteiger partial charge in [0.2, 0.25) is 16.8 Å². The largest absolute Gasteiger partial charge is 0.491 e. The molecule has 1 amide bonds. The molecular formula is C19H22N2O7S. The fourth-order valence-electron chi connectivity index (χ4n) is 2.54. The molecule has 1 atom stereocenters. The normalized spacial score (nSPS) is 13.9. The molecule has 10 heteroatoms. The molecule has 0 aromatic heterocycles. The van der Waals surface area contributed by atoms with Crippen LogP contribution in [0.2, 0.25) is 0 Å². The van der Waals surface area contributed by atoms with Crippen LogP contribution in [-0.4, -0.2) is 63.9 Å². The summed E-state index contributed by atoms with van der Waals surface area (Å²) < 4.78 is 41.4. The summed E-state index contributed by atoms with van der Waals surface area (Å²) in [6.07, 6.45) is -0.960. The zero-order valence-corrected chi connectivity index (χ0v) is 16.8. The third-order valence-electron chi connectivity index (χ3n) is 4.16. The lowest BCUT2D eigenvalue weighted by Crippen LogP contribution is -2.35. The van der Waals surface area contributed by atoms with Crippen molar-refractivity contribution in [3.8, 4) is 17.2 Å². The van der Waals surface area contributed by atoms with Gasteiger partial charge in [0, 0.05) is 32.3 Å². The van der Waals surface area contributed by atoms with Gasteiger partial charge in [0.1, 0.15) is 18.5 Å². The Kier molecular flexibility index (Phi) is 6.26. The van der Waals surface area contributed by atoms with Crippen molar-refractivity contribution < 1.29 is 32.5 Å². The number of rotatable bonds is 8. The number of sulfonamides is 1. The number of fused-ring (bicyclic) bond motifs is 1. The Morgan fingerprint density at radius 1 is 1.21 bits per heavy atom. The van der Waals surface area contributed by atoms with Gasteiger partial charge in [0.25, 0.3) is 5.91 Å². The number of aliphatic hydroxyl groups excluding tert-OH is 1. The molecule has 29 heavy (non-hydrogen) atoms. The number of ether oxygens (including phenoxy) is 3. The third-order valence-corrected chi connectivity index (χ3v) is 5.97. The summed E-state index contributed by atoms with van der Waals surface area (Å²) >= 11 is 0. The first-order chi connectivity index (χ1) is 13.8. The van der Waals surface area contributed by atoms with Gasteiger partial charge in [-0.15, -0.1) is 0 Å². The molecule has 1 aliphatic rings. The number of hydrogen-bond acceptors (Lipinski definition) is 7. The molecule has 0 bridgehead atoms. The van der Waals surface area contributed by atoms with E-state index in [1.807, 2.05) is 0 Å². The second-order valence-corrected chi connectivity index (χ2v) is 8.66. The summed E-state index contributed by atoms with van der Waals surface area (Å²) in [5.74, 6) is 1.20. The van der Waals surface area contributed by atoms with E-state index in [1.165, 1.54) is 38.4 Å². The Morgan fingerprint density at radius 3 is 2.72 bits per heavy atom. The Labute approximate surface area is 168 Å². The Bertz CT molecular complexity index is 992. The number of nitrogens with one attached hydrogen (secondary N) is 1. The summed E-state index contributed by atoms with van der Waals surface area (Å²) in [5.41, 5.74) is 0.178. The molecular weight excluding hydrogens is 400 g/mol. The number of aliphatic hydroxyl groups is 1. The van der Waals surface area contributed by atoms with Gasteiger partial charge in [-0.05, 0) is 30.3 Å². The second-order valence-electron chi connectivity index (χ2n) is 6.51. The fraction of sp³-hybridized carbons (Fsp3) is 0.316. The summed E-state index contributed by atoms with van der Waals surface area (Å²) in [5, 5.41) is 12.6. The highest BCUT2D eigenvalue weighted by molar-refractivity contribution is 7.89. The predicted molar refractivity (Wildman–Crippen MR) is 104 cm³/mol. The SMILES string of the molecule is CN(C)S(=O)(=O)c1cccc(C(=O)NCC(O)COc2ccc3c(c2)OCO3)c1. The van der Waals surface area contributed by atoms with E-state index in [0.29, 0.717) is 17.2 Å². The van der Waals surface area contributed by atoms with Crippen LogP contribution < -0.4 is 19.5 Å². The molecule has 2 aromatic rings. The molecule has 0 aliphatic carbocycles. The van der Waals surface area contributed by atoms with E-state index in [0.717, 1.165) is 4.31 Å². The topological polar surface area (TPSA) is 114 Å². The monoisotopic (exact) mass is 422 g/mol. The quantitative estimate of drug-likeness (QED) is 0.648. The van der Waals surface area contributed by atoms with E-state index >= 15 is 0 Å². The summed E-state index contributed by atoms with van der Waals surface area (Å²) in [7, 11) is -0.813. The minimum Gasteiger partial charge on any atom is -0.491 e. The standard InChI is InChI=1S/C19H22N2O7S/c1-21(2)29(24,25)16-5-3-4-13(8-16)19(23)20-10-14(22)11-26-15-6-7-17-18(9-15)28-12-27-17/h3-9,14,22H,10-12H2,1-2H3,(H,20,23). The van der Waals surface area contributed by atoms with Crippen molar-refractivity contribution in [2.45, 2.75) is 11.0 Å². The first-order valence-corrected chi connectivity index (χ1v) is 10.2. The maximum Gasteiger partial charge on any atom is 0.251 e. The maximum absolute atomic E-state index is 12.3. The molecule has 1 aliphatic heterocycles. The molecule has 0 radical (unpaired) electrons. The number of amides is 1. The van der Waals surface area contributed by atoms with Gasteiger partial charge in [0.05, 0.1) is 4.90 Å². The van der Waals surface area contributed by atoms with Gasteiger partial charge >= 0.3 is 0 Å². The second kappa shape index (κ2) is 8.68. The van der Waals surface area contributed by atoms with Gasteiger partial charge in [-0.25, -0.2) is 12.7 Å². The van der Waals surface area contributed by atoms with Crippen molar-refractivity contribution in [1.82, 2.24) is 9.62 Å². The van der Waals surface area contributed by atoms with Crippen molar-refractivity contribution in [3.05, 3.63) is 48.0 Å². The summed E-state index contributed by atoms with van der Waals surface area (Å²) in [6.45, 7) is 0.0491. The van der Waals surface area contributed by atoms with Crippen molar-refractivity contribution >= 4 is 15.9 Å². The van der Waals surface area contributed by atoms with E-state index < -0.39 is 22.0 Å². The van der Waals surface area contributed by atoms with Crippen LogP contribution >= 0.6 is 0 Å². The van der Waals surface area contributed by atoms with Crippen LogP contribution in [-0.2, 0) is 10.0 Å². The fourth-order valence-corrected chi connectivity index (χ4v) is 3.49. The van der Waals surface area contributed by atoms with Crippen LogP contribution in [0.25, 0.3) is 0 Å². The molecule has 1 heterocycles. The molecule has 1 unspecified atom stereocenters. The molecule has 2 N–H and O–H groups in total. The van der Waals surface area contributed by atoms with Crippen LogP contribution in [0, 0.1) is 0 Å². The van der Waals surface area contributed by atoms with Crippen molar-refractivity contribution in [2.24, 2.45) is 0 Å². The first kappa shape index (κ1) is 20.9. The van der Waals surface area contributed by atoms with Gasteiger partial charge in [-0.2, -0.15) is 0 Å². The molecule has 2 aromatic carbocycles. The number of hydrogen-bond donors (Lipinski definition) is 2. The van der Waals surface area contributed by atoms with E-state index in [-0.39, 0.29) is 30.4 Å². The average Bonchev–Trinajstić information content (AvgIpc) is 3.18. The molecule has 0 fully saturated rings.